The van der Waals surface area contributed by atoms with Crippen molar-refractivity contribution in [2.75, 3.05) is 11.3 Å². The van der Waals surface area contributed by atoms with Gasteiger partial charge >= 0.3 is 22.4 Å². The maximum Gasteiger partial charge on any atom is 0.418 e. The molecule has 0 bridgehead atoms. The number of benzene rings is 2. The maximum absolute atomic E-state index is 13.3. The molecular weight excluding hydrogens is 483 g/mol. The topological polar surface area (TPSA) is 91.6 Å². The van der Waals surface area contributed by atoms with E-state index < -0.39 is 33.6 Å². The zero-order chi connectivity index (χ0) is 24.0. The Morgan fingerprint density at radius 2 is 1.67 bits per heavy atom. The van der Waals surface area contributed by atoms with Crippen molar-refractivity contribution in [2.24, 2.45) is 0 Å². The summed E-state index contributed by atoms with van der Waals surface area (Å²) < 4.78 is 70.2. The Morgan fingerprint density at radius 3 is 2.30 bits per heavy atom. The van der Waals surface area contributed by atoms with Crippen LogP contribution in [-0.4, -0.2) is 34.9 Å². The lowest BCUT2D eigenvalue weighted by Gasteiger charge is -2.30. The van der Waals surface area contributed by atoms with E-state index in [0.29, 0.717) is 11.3 Å². The van der Waals surface area contributed by atoms with Crippen LogP contribution in [0.5, 0.6) is 0 Å². The van der Waals surface area contributed by atoms with Gasteiger partial charge in [-0.15, -0.1) is 0 Å². The summed E-state index contributed by atoms with van der Waals surface area (Å²) in [6, 6.07) is 13.0. The fourth-order valence-electron chi connectivity index (χ4n) is 3.83. The molecule has 0 radical (unpaired) electrons. The van der Waals surface area contributed by atoms with Gasteiger partial charge in [-0.3, -0.25) is 4.72 Å². The van der Waals surface area contributed by atoms with E-state index in [-0.39, 0.29) is 35.9 Å². The second-order valence-corrected chi connectivity index (χ2v) is 9.34. The predicted molar refractivity (Wildman–Crippen MR) is 116 cm³/mol. The molecule has 33 heavy (non-hydrogen) atoms. The summed E-state index contributed by atoms with van der Waals surface area (Å²) in [6.45, 7) is -0.410. The van der Waals surface area contributed by atoms with Crippen LogP contribution in [0.25, 0.3) is 11.3 Å². The molecule has 2 heterocycles. The second kappa shape index (κ2) is 8.40. The fraction of sp³-hybridized carbons (Fsp3) is 0.190. The summed E-state index contributed by atoms with van der Waals surface area (Å²) in [5.74, 6) is -1.33. The number of fused-ring (bicyclic) bond motifs is 1. The summed E-state index contributed by atoms with van der Waals surface area (Å²) >= 11 is 6.40. The third-order valence-electron chi connectivity index (χ3n) is 5.28. The standard InChI is InChI=1S/C21H17ClF3N3O4S/c22-18-17(20(29)30)16-12-27(10-11-28(16)19(18)13-6-2-1-3-7-13)33(31,32)26-15-9-5-4-8-14(15)21(23,24)25/h1-9,26H,10-12H2,(H,29,30). The number of carbonyl (C=O) groups is 1. The van der Waals surface area contributed by atoms with Crippen LogP contribution in [0.3, 0.4) is 0 Å². The molecule has 0 saturated heterocycles. The first-order valence-electron chi connectivity index (χ1n) is 9.64. The molecule has 2 aromatic carbocycles. The number of aromatic nitrogens is 1. The highest BCUT2D eigenvalue weighted by molar-refractivity contribution is 7.90. The van der Waals surface area contributed by atoms with Gasteiger partial charge in [0.1, 0.15) is 5.56 Å². The number of aromatic carboxylic acids is 1. The minimum Gasteiger partial charge on any atom is -0.478 e. The first kappa shape index (κ1) is 23.1. The molecule has 0 spiro atoms. The highest BCUT2D eigenvalue weighted by atomic mass is 35.5. The van der Waals surface area contributed by atoms with Crippen molar-refractivity contribution >= 4 is 33.5 Å². The van der Waals surface area contributed by atoms with Crippen LogP contribution < -0.4 is 4.72 Å². The molecule has 3 aromatic rings. The van der Waals surface area contributed by atoms with E-state index in [0.717, 1.165) is 22.5 Å². The smallest absolute Gasteiger partial charge is 0.418 e. The molecule has 2 N–H and O–H groups in total. The van der Waals surface area contributed by atoms with Gasteiger partial charge in [-0.2, -0.15) is 25.9 Å². The number of halogens is 4. The van der Waals surface area contributed by atoms with Gasteiger partial charge in [0.2, 0.25) is 0 Å². The van der Waals surface area contributed by atoms with Crippen LogP contribution in [0, 0.1) is 0 Å². The van der Waals surface area contributed by atoms with Crippen LogP contribution >= 0.6 is 11.6 Å². The Balaban J connectivity index is 1.72. The molecule has 7 nitrogen and oxygen atoms in total. The van der Waals surface area contributed by atoms with Crippen LogP contribution in [0.15, 0.2) is 54.6 Å². The minimum absolute atomic E-state index is 0.0293. The lowest BCUT2D eigenvalue weighted by Crippen LogP contribution is -2.42. The van der Waals surface area contributed by atoms with Gasteiger partial charge in [0.25, 0.3) is 0 Å². The van der Waals surface area contributed by atoms with Crippen LogP contribution in [0.4, 0.5) is 18.9 Å². The number of rotatable bonds is 5. The third-order valence-corrected chi connectivity index (χ3v) is 7.12. The predicted octanol–water partition coefficient (Wildman–Crippen LogP) is 4.70. The van der Waals surface area contributed by atoms with Crippen molar-refractivity contribution < 1.29 is 31.5 Å². The summed E-state index contributed by atoms with van der Waals surface area (Å²) in [6.07, 6.45) is -4.76. The van der Waals surface area contributed by atoms with Crippen molar-refractivity contribution in [3.05, 3.63) is 76.4 Å². The number of anilines is 1. The summed E-state index contributed by atoms with van der Waals surface area (Å²) in [5.41, 5.74) is -0.748. The van der Waals surface area contributed by atoms with E-state index in [1.807, 2.05) is 4.72 Å². The van der Waals surface area contributed by atoms with E-state index >= 15 is 0 Å². The maximum atomic E-state index is 13.3. The van der Waals surface area contributed by atoms with Crippen molar-refractivity contribution in [3.63, 3.8) is 0 Å². The molecule has 1 aliphatic heterocycles. The molecule has 0 fully saturated rings. The molecule has 12 heteroatoms. The molecule has 174 valence electrons. The van der Waals surface area contributed by atoms with Crippen LogP contribution in [0.1, 0.15) is 21.6 Å². The van der Waals surface area contributed by atoms with Gasteiger partial charge in [-0.1, -0.05) is 54.1 Å². The Bertz CT molecular complexity index is 1320. The highest BCUT2D eigenvalue weighted by Crippen LogP contribution is 2.39. The minimum atomic E-state index is -4.76. The lowest BCUT2D eigenvalue weighted by atomic mass is 10.1. The van der Waals surface area contributed by atoms with E-state index in [4.69, 9.17) is 11.6 Å². The fourth-order valence-corrected chi connectivity index (χ4v) is 5.43. The average molecular weight is 500 g/mol. The van der Waals surface area contributed by atoms with Crippen molar-refractivity contribution in [1.29, 1.82) is 0 Å². The Morgan fingerprint density at radius 1 is 1.03 bits per heavy atom. The van der Waals surface area contributed by atoms with E-state index in [2.05, 4.69) is 0 Å². The quantitative estimate of drug-likeness (QED) is 0.532. The number of hydrogen-bond acceptors (Lipinski definition) is 3. The SMILES string of the molecule is O=C(O)c1c(Cl)c(-c2ccccc2)n2c1CN(S(=O)(=O)Nc1ccccc1C(F)(F)F)CC2. The molecule has 0 aliphatic carbocycles. The van der Waals surface area contributed by atoms with Crippen LogP contribution in [-0.2, 0) is 29.5 Å². The van der Waals surface area contributed by atoms with Gasteiger partial charge in [0.15, 0.2) is 0 Å². The number of nitrogens with one attached hydrogen (secondary N) is 1. The number of alkyl halides is 3. The number of para-hydroxylation sites is 1. The molecule has 4 rings (SSSR count). The number of carboxylic acid groups (broad SMARTS) is 1. The first-order chi connectivity index (χ1) is 15.5. The summed E-state index contributed by atoms with van der Waals surface area (Å²) in [7, 11) is -4.44. The zero-order valence-corrected chi connectivity index (χ0v) is 18.4. The summed E-state index contributed by atoms with van der Waals surface area (Å²) in [5, 5.41) is 9.70. The van der Waals surface area contributed by atoms with Gasteiger partial charge in [-0.05, 0) is 17.7 Å². The van der Waals surface area contributed by atoms with E-state index in [9.17, 15) is 31.5 Å². The number of nitrogens with zero attached hydrogens (tertiary/aromatic N) is 2. The molecule has 0 atom stereocenters. The lowest BCUT2D eigenvalue weighted by molar-refractivity contribution is -0.136. The largest absolute Gasteiger partial charge is 0.478 e. The molecule has 1 aromatic heterocycles. The average Bonchev–Trinajstić information content (AvgIpc) is 3.04. The third kappa shape index (κ3) is 4.31. The normalized spacial score (nSPS) is 14.7. The van der Waals surface area contributed by atoms with E-state index in [1.165, 1.54) is 6.07 Å². The first-order valence-corrected chi connectivity index (χ1v) is 11.5. The number of hydrogen-bond donors (Lipinski definition) is 2. The molecule has 0 unspecified atom stereocenters. The van der Waals surface area contributed by atoms with E-state index in [1.54, 1.807) is 34.9 Å². The highest BCUT2D eigenvalue weighted by Gasteiger charge is 2.37. The molecule has 0 amide bonds. The van der Waals surface area contributed by atoms with Crippen molar-refractivity contribution in [1.82, 2.24) is 8.87 Å². The zero-order valence-electron chi connectivity index (χ0n) is 16.8. The van der Waals surface area contributed by atoms with Crippen molar-refractivity contribution in [2.45, 2.75) is 19.3 Å². The van der Waals surface area contributed by atoms with Gasteiger partial charge < -0.3 is 9.67 Å². The van der Waals surface area contributed by atoms with Crippen molar-refractivity contribution in [3.8, 4) is 11.3 Å². The monoisotopic (exact) mass is 499 g/mol. The summed E-state index contributed by atoms with van der Waals surface area (Å²) in [4.78, 5) is 11.9. The second-order valence-electron chi connectivity index (χ2n) is 7.29. The van der Waals surface area contributed by atoms with Crippen LogP contribution in [0.2, 0.25) is 5.02 Å². The Hall–Kier alpha value is -3.02. The molecular formula is C21H17ClF3N3O4S. The molecule has 0 saturated carbocycles. The Labute approximate surface area is 192 Å². The Kier molecular flexibility index (Phi) is 5.89. The number of carboxylic acids is 1. The van der Waals surface area contributed by atoms with Gasteiger partial charge in [0, 0.05) is 18.8 Å². The van der Waals surface area contributed by atoms with Gasteiger partial charge in [0.05, 0.1) is 28.5 Å². The molecule has 1 aliphatic rings. The van der Waals surface area contributed by atoms with Gasteiger partial charge in [-0.25, -0.2) is 4.79 Å².